The lowest BCUT2D eigenvalue weighted by molar-refractivity contribution is -0.117. The van der Waals surface area contributed by atoms with Gasteiger partial charge in [0.1, 0.15) is 0 Å². The van der Waals surface area contributed by atoms with Crippen molar-refractivity contribution >= 4 is 36.0 Å². The van der Waals surface area contributed by atoms with Crippen molar-refractivity contribution in [1.29, 1.82) is 0 Å². The van der Waals surface area contributed by atoms with Gasteiger partial charge in [0.2, 0.25) is 11.2 Å². The maximum Gasteiger partial charge on any atom is 0.229 e. The molecule has 0 aliphatic carbocycles. The first-order valence-electron chi connectivity index (χ1n) is 4.24. The third-order valence-electron chi connectivity index (χ3n) is 2.06. The summed E-state index contributed by atoms with van der Waals surface area (Å²) in [7, 11) is 0. The van der Waals surface area contributed by atoms with Gasteiger partial charge in [0.05, 0.1) is 6.20 Å². The molecule has 15 heavy (non-hydrogen) atoms. The molecule has 0 saturated carbocycles. The zero-order valence-corrected chi connectivity index (χ0v) is 9.17. The Morgan fingerprint density at radius 3 is 3.00 bits per heavy atom. The maximum absolute atomic E-state index is 13.3. The van der Waals surface area contributed by atoms with E-state index in [4.69, 9.17) is 11.6 Å². The number of anilines is 1. The minimum Gasteiger partial charge on any atom is -0.293 e. The van der Waals surface area contributed by atoms with Crippen molar-refractivity contribution in [3.8, 4) is 0 Å². The fourth-order valence-electron chi connectivity index (χ4n) is 1.42. The highest BCUT2D eigenvalue weighted by Gasteiger charge is 2.31. The van der Waals surface area contributed by atoms with Gasteiger partial charge in [-0.3, -0.25) is 9.69 Å². The van der Waals surface area contributed by atoms with Crippen LogP contribution in [0.5, 0.6) is 0 Å². The molecule has 0 aromatic carbocycles. The van der Waals surface area contributed by atoms with Crippen LogP contribution in [-0.2, 0) is 4.79 Å². The first-order valence-corrected chi connectivity index (χ1v) is 5.14. The minimum absolute atomic E-state index is 0.0726. The molecule has 1 aliphatic rings. The Balaban J connectivity index is 2.37. The standard InChI is InChI=1S/C8H7ClFN3OS/c9-8-11-2-5(10)7(12-8)13-3-4(15)1-6(13)14/h2,4,15H,1,3H2. The monoisotopic (exact) mass is 247 g/mol. The van der Waals surface area contributed by atoms with Crippen molar-refractivity contribution in [3.05, 3.63) is 17.3 Å². The SMILES string of the molecule is O=C1CC(S)CN1c1nc(Cl)ncc1F. The van der Waals surface area contributed by atoms with E-state index in [0.29, 0.717) is 6.54 Å². The topological polar surface area (TPSA) is 46.1 Å². The molecular formula is C8H7ClFN3OS. The van der Waals surface area contributed by atoms with Crippen molar-refractivity contribution in [1.82, 2.24) is 9.97 Å². The van der Waals surface area contributed by atoms with Crippen LogP contribution < -0.4 is 4.90 Å². The number of nitrogens with zero attached hydrogens (tertiary/aromatic N) is 3. The van der Waals surface area contributed by atoms with Gasteiger partial charge in [-0.2, -0.15) is 17.6 Å². The summed E-state index contributed by atoms with van der Waals surface area (Å²) < 4.78 is 13.3. The Morgan fingerprint density at radius 1 is 1.67 bits per heavy atom. The first kappa shape index (κ1) is 10.6. The van der Waals surface area contributed by atoms with Gasteiger partial charge >= 0.3 is 0 Å². The van der Waals surface area contributed by atoms with Gasteiger partial charge in [-0.1, -0.05) is 0 Å². The Labute approximate surface area is 95.9 Å². The predicted octanol–water partition coefficient (Wildman–Crippen LogP) is 1.30. The molecule has 1 fully saturated rings. The number of hydrogen-bond donors (Lipinski definition) is 1. The molecule has 1 atom stereocenters. The second-order valence-electron chi connectivity index (χ2n) is 3.17. The second kappa shape index (κ2) is 3.94. The van der Waals surface area contributed by atoms with Crippen LogP contribution in [0.2, 0.25) is 5.28 Å². The van der Waals surface area contributed by atoms with Crippen molar-refractivity contribution in [2.75, 3.05) is 11.4 Å². The molecule has 0 spiro atoms. The van der Waals surface area contributed by atoms with Crippen LogP contribution in [0.25, 0.3) is 0 Å². The van der Waals surface area contributed by atoms with E-state index in [-0.39, 0.29) is 28.7 Å². The third kappa shape index (κ3) is 2.05. The summed E-state index contributed by atoms with van der Waals surface area (Å²) in [6, 6.07) is 0. The van der Waals surface area contributed by atoms with E-state index in [0.717, 1.165) is 6.20 Å². The number of rotatable bonds is 1. The van der Waals surface area contributed by atoms with Gasteiger partial charge in [0, 0.05) is 18.2 Å². The quantitative estimate of drug-likeness (QED) is 0.601. The third-order valence-corrected chi connectivity index (χ3v) is 2.58. The molecule has 0 radical (unpaired) electrons. The summed E-state index contributed by atoms with van der Waals surface area (Å²) in [4.78, 5) is 19.9. The number of halogens is 2. The lowest BCUT2D eigenvalue weighted by Crippen LogP contribution is -2.27. The number of thiol groups is 1. The Hall–Kier alpha value is -0.880. The second-order valence-corrected chi connectivity index (χ2v) is 4.24. The Bertz CT molecular complexity index is 417. The molecule has 1 aromatic heterocycles. The van der Waals surface area contributed by atoms with Gasteiger partial charge < -0.3 is 0 Å². The van der Waals surface area contributed by atoms with E-state index >= 15 is 0 Å². The molecule has 2 rings (SSSR count). The predicted molar refractivity (Wildman–Crippen MR) is 56.7 cm³/mol. The molecule has 80 valence electrons. The van der Waals surface area contributed by atoms with Crippen molar-refractivity contribution in [2.45, 2.75) is 11.7 Å². The molecular weight excluding hydrogens is 241 g/mol. The van der Waals surface area contributed by atoms with Crippen molar-refractivity contribution < 1.29 is 9.18 Å². The summed E-state index contributed by atoms with van der Waals surface area (Å²) in [5, 5.41) is -0.174. The molecule has 2 heterocycles. The molecule has 4 nitrogen and oxygen atoms in total. The largest absolute Gasteiger partial charge is 0.293 e. The molecule has 7 heteroatoms. The smallest absolute Gasteiger partial charge is 0.229 e. The lowest BCUT2D eigenvalue weighted by Gasteiger charge is -2.14. The van der Waals surface area contributed by atoms with Gasteiger partial charge in [0.15, 0.2) is 11.6 Å². The molecule has 1 unspecified atom stereocenters. The Morgan fingerprint density at radius 2 is 2.40 bits per heavy atom. The molecule has 0 N–H and O–H groups in total. The average molecular weight is 248 g/mol. The lowest BCUT2D eigenvalue weighted by atomic mass is 10.4. The van der Waals surface area contributed by atoms with E-state index in [1.165, 1.54) is 4.90 Å². The summed E-state index contributed by atoms with van der Waals surface area (Å²) in [6.07, 6.45) is 1.23. The summed E-state index contributed by atoms with van der Waals surface area (Å²) in [5.41, 5.74) is 0. The van der Waals surface area contributed by atoms with E-state index < -0.39 is 5.82 Å². The van der Waals surface area contributed by atoms with E-state index in [1.807, 2.05) is 0 Å². The minimum atomic E-state index is -0.657. The van der Waals surface area contributed by atoms with Gasteiger partial charge in [-0.05, 0) is 11.6 Å². The van der Waals surface area contributed by atoms with Crippen LogP contribution in [0, 0.1) is 5.82 Å². The Kier molecular flexibility index (Phi) is 2.79. The van der Waals surface area contributed by atoms with Crippen molar-refractivity contribution in [3.63, 3.8) is 0 Å². The zero-order chi connectivity index (χ0) is 11.0. The molecule has 1 saturated heterocycles. The van der Waals surface area contributed by atoms with E-state index in [2.05, 4.69) is 22.6 Å². The summed E-state index contributed by atoms with van der Waals surface area (Å²) in [5.74, 6) is -0.935. The number of carbonyl (C=O) groups is 1. The van der Waals surface area contributed by atoms with Crippen molar-refractivity contribution in [2.24, 2.45) is 0 Å². The van der Waals surface area contributed by atoms with Crippen LogP contribution in [-0.4, -0.2) is 27.7 Å². The molecule has 1 aromatic rings. The number of aromatic nitrogens is 2. The van der Waals surface area contributed by atoms with Crippen LogP contribution in [0.1, 0.15) is 6.42 Å². The van der Waals surface area contributed by atoms with Crippen LogP contribution in [0.3, 0.4) is 0 Å². The van der Waals surface area contributed by atoms with E-state index in [9.17, 15) is 9.18 Å². The normalized spacial score (nSPS) is 21.1. The van der Waals surface area contributed by atoms with Gasteiger partial charge in [0.25, 0.3) is 0 Å². The number of carbonyl (C=O) groups excluding carboxylic acids is 1. The van der Waals surface area contributed by atoms with Crippen LogP contribution >= 0.6 is 24.2 Å². The molecule has 0 bridgehead atoms. The zero-order valence-electron chi connectivity index (χ0n) is 7.52. The number of amides is 1. The highest BCUT2D eigenvalue weighted by molar-refractivity contribution is 7.81. The summed E-state index contributed by atoms with van der Waals surface area (Å²) in [6.45, 7) is 0.339. The maximum atomic E-state index is 13.3. The van der Waals surface area contributed by atoms with E-state index in [1.54, 1.807) is 0 Å². The number of hydrogen-bond acceptors (Lipinski definition) is 4. The fraction of sp³-hybridized carbons (Fsp3) is 0.375. The highest BCUT2D eigenvalue weighted by Crippen LogP contribution is 2.24. The highest BCUT2D eigenvalue weighted by atomic mass is 35.5. The average Bonchev–Trinajstić information content (AvgIpc) is 2.50. The molecule has 1 aliphatic heterocycles. The van der Waals surface area contributed by atoms with Gasteiger partial charge in [-0.15, -0.1) is 0 Å². The molecule has 1 amide bonds. The van der Waals surface area contributed by atoms with Gasteiger partial charge in [-0.25, -0.2) is 9.37 Å². The fourth-order valence-corrected chi connectivity index (χ4v) is 1.87. The first-order chi connectivity index (χ1) is 7.08. The van der Waals surface area contributed by atoms with Crippen LogP contribution in [0.4, 0.5) is 10.2 Å². The summed E-state index contributed by atoms with van der Waals surface area (Å²) >= 11 is 9.69. The van der Waals surface area contributed by atoms with Crippen LogP contribution in [0.15, 0.2) is 6.20 Å².